The van der Waals surface area contributed by atoms with Crippen LogP contribution in [-0.2, 0) is 9.47 Å². The lowest BCUT2D eigenvalue weighted by atomic mass is 9.33. The second kappa shape index (κ2) is 7.14. The highest BCUT2D eigenvalue weighted by atomic mass is 16.6. The molecule has 7 rings (SSSR count). The van der Waals surface area contributed by atoms with Crippen LogP contribution in [0.5, 0.6) is 0 Å². The van der Waals surface area contributed by atoms with Crippen LogP contribution in [-0.4, -0.2) is 51.6 Å². The zero-order valence-electron chi connectivity index (χ0n) is 22.9. The second-order valence-corrected chi connectivity index (χ2v) is 15.0. The van der Waals surface area contributed by atoms with E-state index in [0.717, 1.165) is 32.1 Å². The normalized spacial score (nSPS) is 56.7. The highest BCUT2D eigenvalue weighted by molar-refractivity contribution is 5.25. The third kappa shape index (κ3) is 2.94. The summed E-state index contributed by atoms with van der Waals surface area (Å²) >= 11 is 0. The van der Waals surface area contributed by atoms with E-state index in [1.54, 1.807) is 0 Å². The van der Waals surface area contributed by atoms with Gasteiger partial charge in [-0.15, -0.1) is 0 Å². The fourth-order valence-corrected chi connectivity index (χ4v) is 11.0. The number of epoxide rings is 1. The number of ether oxygens (including phenoxy) is 2. The Morgan fingerprint density at radius 2 is 1.63 bits per heavy atom. The standard InChI is InChI=1S/C30H48O5/c1-17(14-21(32)24-26(4,5)35-24)18-8-10-27(6)19(18)15-20(31)23-28(27,7)11-9-22-25(2,3)30(33)13-12-29(22,23)16-34-30/h14,18-24,31-33H,8-13,15-16H2,1-7H3/b17-14+/t18-,19-,20-,21+,22+,23+,24-,27-,28-,29-,30+/m1/s1. The minimum atomic E-state index is -1.03. The number of hydrogen-bond acceptors (Lipinski definition) is 5. The molecule has 0 radical (unpaired) electrons. The molecule has 0 aromatic rings. The van der Waals surface area contributed by atoms with E-state index in [9.17, 15) is 15.3 Å². The van der Waals surface area contributed by atoms with E-state index in [2.05, 4.69) is 34.6 Å². The lowest BCUT2D eigenvalue weighted by Crippen LogP contribution is -2.75. The van der Waals surface area contributed by atoms with E-state index in [1.807, 2.05) is 19.9 Å². The molecule has 3 N–H and O–H groups in total. The van der Waals surface area contributed by atoms with Gasteiger partial charge in [0.15, 0.2) is 5.79 Å². The lowest BCUT2D eigenvalue weighted by molar-refractivity contribution is -0.404. The minimum Gasteiger partial charge on any atom is -0.393 e. The molecule has 0 unspecified atom stereocenters. The van der Waals surface area contributed by atoms with Gasteiger partial charge < -0.3 is 24.8 Å². The van der Waals surface area contributed by atoms with Gasteiger partial charge in [-0.3, -0.25) is 0 Å². The highest BCUT2D eigenvalue weighted by Crippen LogP contribution is 2.77. The Hall–Kier alpha value is -0.460. The van der Waals surface area contributed by atoms with Crippen LogP contribution in [0.2, 0.25) is 0 Å². The van der Waals surface area contributed by atoms with Crippen LogP contribution in [0.4, 0.5) is 0 Å². The molecule has 4 aliphatic carbocycles. The zero-order valence-corrected chi connectivity index (χ0v) is 22.9. The molecule has 198 valence electrons. The topological polar surface area (TPSA) is 82.5 Å². The first-order chi connectivity index (χ1) is 16.1. The van der Waals surface area contributed by atoms with Crippen LogP contribution in [0.1, 0.15) is 93.4 Å². The van der Waals surface area contributed by atoms with Gasteiger partial charge in [0.25, 0.3) is 0 Å². The maximum Gasteiger partial charge on any atom is 0.170 e. The van der Waals surface area contributed by atoms with E-state index in [0.29, 0.717) is 30.8 Å². The number of aliphatic hydroxyl groups is 3. The molecule has 35 heavy (non-hydrogen) atoms. The summed E-state index contributed by atoms with van der Waals surface area (Å²) in [4.78, 5) is 0. The number of aliphatic hydroxyl groups excluding tert-OH is 2. The van der Waals surface area contributed by atoms with Crippen molar-refractivity contribution in [3.05, 3.63) is 11.6 Å². The summed E-state index contributed by atoms with van der Waals surface area (Å²) in [6, 6.07) is 0. The van der Waals surface area contributed by atoms with Gasteiger partial charge in [0, 0.05) is 17.3 Å². The van der Waals surface area contributed by atoms with Crippen molar-refractivity contribution in [2.75, 3.05) is 6.61 Å². The smallest absolute Gasteiger partial charge is 0.170 e. The molecule has 5 nitrogen and oxygen atoms in total. The molecule has 5 heteroatoms. The number of rotatable bonds is 3. The molecular weight excluding hydrogens is 440 g/mol. The molecule has 2 bridgehead atoms. The first-order valence-corrected chi connectivity index (χ1v) is 14.2. The Balaban J connectivity index is 1.33. The summed E-state index contributed by atoms with van der Waals surface area (Å²) in [5.41, 5.74) is 0.863. The molecular formula is C30H48O5. The van der Waals surface area contributed by atoms with E-state index in [4.69, 9.17) is 9.47 Å². The molecule has 3 heterocycles. The van der Waals surface area contributed by atoms with Crippen LogP contribution in [0.25, 0.3) is 0 Å². The summed E-state index contributed by atoms with van der Waals surface area (Å²) in [5, 5.41) is 34.1. The van der Waals surface area contributed by atoms with Crippen molar-refractivity contribution >= 4 is 0 Å². The van der Waals surface area contributed by atoms with Gasteiger partial charge in [0.1, 0.15) is 12.2 Å². The van der Waals surface area contributed by atoms with Crippen molar-refractivity contribution < 1.29 is 24.8 Å². The molecule has 4 saturated carbocycles. The van der Waals surface area contributed by atoms with E-state index >= 15 is 0 Å². The molecule has 0 aromatic carbocycles. The van der Waals surface area contributed by atoms with Gasteiger partial charge in [0.2, 0.25) is 0 Å². The summed E-state index contributed by atoms with van der Waals surface area (Å²) in [7, 11) is 0. The molecule has 3 saturated heterocycles. The van der Waals surface area contributed by atoms with Crippen molar-refractivity contribution in [2.45, 2.75) is 123 Å². The van der Waals surface area contributed by atoms with E-state index < -0.39 is 11.9 Å². The van der Waals surface area contributed by atoms with Crippen molar-refractivity contribution in [1.82, 2.24) is 0 Å². The van der Waals surface area contributed by atoms with Crippen LogP contribution in [0.15, 0.2) is 11.6 Å². The average molecular weight is 489 g/mol. The minimum absolute atomic E-state index is 0.0350. The monoisotopic (exact) mass is 488 g/mol. The Morgan fingerprint density at radius 1 is 0.971 bits per heavy atom. The zero-order chi connectivity index (χ0) is 25.4. The van der Waals surface area contributed by atoms with Crippen molar-refractivity contribution in [2.24, 2.45) is 45.3 Å². The van der Waals surface area contributed by atoms with Gasteiger partial charge in [0.05, 0.1) is 18.3 Å². The van der Waals surface area contributed by atoms with Gasteiger partial charge in [-0.1, -0.05) is 39.3 Å². The molecule has 0 amide bonds. The molecule has 0 aromatic heterocycles. The third-order valence-corrected chi connectivity index (χ3v) is 13.2. The maximum absolute atomic E-state index is 12.0. The molecule has 7 aliphatic rings. The molecule has 11 atom stereocenters. The Kier molecular flexibility index (Phi) is 5.07. The fourth-order valence-electron chi connectivity index (χ4n) is 11.0. The Morgan fingerprint density at radius 3 is 2.23 bits per heavy atom. The Bertz CT molecular complexity index is 929. The summed E-state index contributed by atoms with van der Waals surface area (Å²) in [6.45, 7) is 16.2. The number of allylic oxidation sites excluding steroid dienone is 1. The van der Waals surface area contributed by atoms with Gasteiger partial charge in [-0.25, -0.2) is 0 Å². The first kappa shape index (κ1) is 24.9. The van der Waals surface area contributed by atoms with Crippen molar-refractivity contribution in [3.8, 4) is 0 Å². The quantitative estimate of drug-likeness (QED) is 0.392. The lowest BCUT2D eigenvalue weighted by Gasteiger charge is -2.74. The third-order valence-electron chi connectivity index (χ3n) is 13.2. The van der Waals surface area contributed by atoms with Crippen LogP contribution < -0.4 is 0 Å². The predicted molar refractivity (Wildman–Crippen MR) is 134 cm³/mol. The molecule has 7 fully saturated rings. The van der Waals surface area contributed by atoms with Gasteiger partial charge >= 0.3 is 0 Å². The average Bonchev–Trinajstić information content (AvgIpc) is 3.27. The van der Waals surface area contributed by atoms with E-state index in [1.165, 1.54) is 12.0 Å². The first-order valence-electron chi connectivity index (χ1n) is 14.2. The maximum atomic E-state index is 12.0. The van der Waals surface area contributed by atoms with Crippen LogP contribution in [0.3, 0.4) is 0 Å². The molecule has 1 spiro atoms. The van der Waals surface area contributed by atoms with Crippen LogP contribution in [0, 0.1) is 45.3 Å². The number of hydrogen-bond donors (Lipinski definition) is 3. The molecule has 3 aliphatic heterocycles. The summed E-state index contributed by atoms with van der Waals surface area (Å²) in [6.07, 6.45) is 7.99. The number of fused-ring (bicyclic) bond motifs is 5. The highest BCUT2D eigenvalue weighted by Gasteiger charge is 2.76. The second-order valence-electron chi connectivity index (χ2n) is 15.0. The fraction of sp³-hybridized carbons (Fsp3) is 0.933. The van der Waals surface area contributed by atoms with Gasteiger partial charge in [-0.2, -0.15) is 0 Å². The van der Waals surface area contributed by atoms with Crippen molar-refractivity contribution in [1.29, 1.82) is 0 Å². The predicted octanol–water partition coefficient (Wildman–Crippen LogP) is 4.83. The van der Waals surface area contributed by atoms with E-state index in [-0.39, 0.29) is 45.4 Å². The van der Waals surface area contributed by atoms with Gasteiger partial charge in [-0.05, 0) is 93.8 Å². The Labute approximate surface area is 211 Å². The largest absolute Gasteiger partial charge is 0.393 e. The summed E-state index contributed by atoms with van der Waals surface area (Å²) < 4.78 is 12.0. The SMILES string of the molecule is C/C(=C\[C@H](O)[C@H]1OC1(C)C)[C@H]1CC[C@]2(C)[C@@H]1C[C@@H](O)[C@@H]1[C@]34CC[C@](O)(OC3)C(C)(C)[C@@H]4CC[C@]12C. The van der Waals surface area contributed by atoms with Crippen molar-refractivity contribution in [3.63, 3.8) is 0 Å². The summed E-state index contributed by atoms with van der Waals surface area (Å²) in [5.74, 6) is 0.371. The van der Waals surface area contributed by atoms with Crippen LogP contribution >= 0.6 is 0 Å².